The van der Waals surface area contributed by atoms with Crippen molar-refractivity contribution in [1.82, 2.24) is 9.88 Å². The first kappa shape index (κ1) is 22.6. The minimum atomic E-state index is -4.72. The number of halogens is 3. The highest BCUT2D eigenvalue weighted by molar-refractivity contribution is 6.04. The first-order valence-electron chi connectivity index (χ1n) is 10.5. The summed E-state index contributed by atoms with van der Waals surface area (Å²) in [6.07, 6.45) is -3.10. The molecule has 1 aromatic heterocycles. The Morgan fingerprint density at radius 1 is 0.939 bits per heavy atom. The Bertz CT molecular complexity index is 1070. The van der Waals surface area contributed by atoms with E-state index in [9.17, 15) is 18.0 Å². The van der Waals surface area contributed by atoms with Gasteiger partial charge in [0, 0.05) is 43.9 Å². The normalized spacial score (nSPS) is 14.7. The fourth-order valence-corrected chi connectivity index (χ4v) is 3.67. The zero-order chi connectivity index (χ0) is 23.3. The van der Waals surface area contributed by atoms with Crippen LogP contribution in [0.3, 0.4) is 0 Å². The van der Waals surface area contributed by atoms with Gasteiger partial charge in [-0.05, 0) is 30.3 Å². The third kappa shape index (κ3) is 6.23. The molecule has 1 fully saturated rings. The topological polar surface area (TPSA) is 57.7 Å². The van der Waals surface area contributed by atoms with E-state index in [1.54, 1.807) is 48.7 Å². The van der Waals surface area contributed by atoms with Crippen LogP contribution in [0.5, 0.6) is 5.75 Å². The number of nitrogens with zero attached hydrogens (tertiary/aromatic N) is 3. The molecular weight excluding hydrogens is 433 g/mol. The first-order chi connectivity index (χ1) is 15.9. The lowest BCUT2D eigenvalue weighted by Gasteiger charge is -2.35. The number of benzene rings is 2. The number of carbonyl (C=O) groups excluding carboxylic acids is 1. The molecule has 4 rings (SSSR count). The van der Waals surface area contributed by atoms with Crippen LogP contribution >= 0.6 is 0 Å². The summed E-state index contributed by atoms with van der Waals surface area (Å²) in [6, 6.07) is 18.8. The maximum atomic E-state index is 12.7. The van der Waals surface area contributed by atoms with Gasteiger partial charge in [0.25, 0.3) is 5.91 Å². The molecule has 2 heterocycles. The van der Waals surface area contributed by atoms with E-state index in [1.807, 2.05) is 12.1 Å². The molecule has 0 saturated carbocycles. The minimum Gasteiger partial charge on any atom is -0.405 e. The number of ether oxygens (including phenoxy) is 1. The molecule has 1 amide bonds. The number of para-hydroxylation sites is 1. The molecule has 0 radical (unpaired) electrons. The highest BCUT2D eigenvalue weighted by Gasteiger charge is 2.32. The number of nitrogens with one attached hydrogen (secondary N) is 1. The summed E-state index contributed by atoms with van der Waals surface area (Å²) in [5.41, 5.74) is 1.67. The number of hydrogen-bond donors (Lipinski definition) is 1. The highest BCUT2D eigenvalue weighted by Crippen LogP contribution is 2.27. The van der Waals surface area contributed by atoms with E-state index < -0.39 is 6.36 Å². The molecule has 1 N–H and O–H groups in total. The Morgan fingerprint density at radius 3 is 2.30 bits per heavy atom. The second-order valence-electron chi connectivity index (χ2n) is 7.64. The van der Waals surface area contributed by atoms with Crippen molar-refractivity contribution in [3.05, 3.63) is 84.1 Å². The van der Waals surface area contributed by atoms with Gasteiger partial charge in [-0.3, -0.25) is 9.69 Å². The van der Waals surface area contributed by atoms with Crippen LogP contribution in [0.4, 0.5) is 24.7 Å². The van der Waals surface area contributed by atoms with Crippen LogP contribution in [0.15, 0.2) is 72.9 Å². The molecule has 0 bridgehead atoms. The van der Waals surface area contributed by atoms with Gasteiger partial charge in [-0.25, -0.2) is 4.98 Å². The van der Waals surface area contributed by atoms with Gasteiger partial charge in [0.15, 0.2) is 0 Å². The van der Waals surface area contributed by atoms with E-state index in [2.05, 4.69) is 24.8 Å². The summed E-state index contributed by atoms with van der Waals surface area (Å²) in [5, 5.41) is 2.82. The maximum Gasteiger partial charge on any atom is 0.573 e. The molecule has 1 aliphatic rings. The summed E-state index contributed by atoms with van der Waals surface area (Å²) in [5.74, 6) is 0.420. The van der Waals surface area contributed by atoms with Gasteiger partial charge >= 0.3 is 6.36 Å². The molecule has 0 atom stereocenters. The summed E-state index contributed by atoms with van der Waals surface area (Å²) in [6.45, 7) is 3.09. The van der Waals surface area contributed by atoms with Crippen molar-refractivity contribution >= 4 is 17.4 Å². The number of hydrogen-bond acceptors (Lipinski definition) is 5. The smallest absolute Gasteiger partial charge is 0.405 e. The Morgan fingerprint density at radius 2 is 1.64 bits per heavy atom. The molecule has 2 aromatic carbocycles. The summed E-state index contributed by atoms with van der Waals surface area (Å²) >= 11 is 0. The second-order valence-corrected chi connectivity index (χ2v) is 7.64. The monoisotopic (exact) mass is 456 g/mol. The van der Waals surface area contributed by atoms with Crippen molar-refractivity contribution in [1.29, 1.82) is 0 Å². The Kier molecular flexibility index (Phi) is 6.79. The Labute approximate surface area is 189 Å². The first-order valence-corrected chi connectivity index (χ1v) is 10.5. The predicted molar refractivity (Wildman–Crippen MR) is 119 cm³/mol. The number of pyridine rings is 1. The van der Waals surface area contributed by atoms with Crippen molar-refractivity contribution in [2.45, 2.75) is 12.9 Å². The molecule has 172 valence electrons. The van der Waals surface area contributed by atoms with Crippen molar-refractivity contribution in [2.24, 2.45) is 0 Å². The van der Waals surface area contributed by atoms with Gasteiger partial charge in [-0.1, -0.05) is 36.4 Å². The maximum absolute atomic E-state index is 12.7. The number of alkyl halides is 3. The molecule has 33 heavy (non-hydrogen) atoms. The number of carbonyl (C=O) groups is 1. The van der Waals surface area contributed by atoms with Crippen molar-refractivity contribution in [3.8, 4) is 5.75 Å². The van der Waals surface area contributed by atoms with Crippen molar-refractivity contribution < 1.29 is 22.7 Å². The van der Waals surface area contributed by atoms with Crippen molar-refractivity contribution in [2.75, 3.05) is 36.4 Å². The van der Waals surface area contributed by atoms with E-state index in [0.717, 1.165) is 5.82 Å². The molecule has 6 nitrogen and oxygen atoms in total. The molecule has 1 saturated heterocycles. The number of anilines is 2. The van der Waals surface area contributed by atoms with Crippen LogP contribution in [-0.2, 0) is 6.54 Å². The number of rotatable bonds is 6. The fourth-order valence-electron chi connectivity index (χ4n) is 3.67. The molecule has 3 aromatic rings. The molecule has 9 heteroatoms. The van der Waals surface area contributed by atoms with E-state index >= 15 is 0 Å². The molecule has 1 aliphatic heterocycles. The zero-order valence-electron chi connectivity index (χ0n) is 17.8. The average molecular weight is 456 g/mol. The third-order valence-electron chi connectivity index (χ3n) is 5.33. The molecule has 0 aliphatic carbocycles. The lowest BCUT2D eigenvalue weighted by Crippen LogP contribution is -2.46. The zero-order valence-corrected chi connectivity index (χ0v) is 17.8. The van der Waals surface area contributed by atoms with Gasteiger partial charge in [0.05, 0.1) is 11.9 Å². The summed E-state index contributed by atoms with van der Waals surface area (Å²) in [7, 11) is 0. The van der Waals surface area contributed by atoms with E-state index in [1.165, 1.54) is 12.1 Å². The van der Waals surface area contributed by atoms with Gasteiger partial charge in [-0.15, -0.1) is 13.2 Å². The third-order valence-corrected chi connectivity index (χ3v) is 5.33. The van der Waals surface area contributed by atoms with Crippen LogP contribution in [-0.4, -0.2) is 48.3 Å². The summed E-state index contributed by atoms with van der Waals surface area (Å²) < 4.78 is 42.1. The van der Waals surface area contributed by atoms with Gasteiger partial charge in [0.2, 0.25) is 0 Å². The largest absolute Gasteiger partial charge is 0.573 e. The van der Waals surface area contributed by atoms with E-state index in [-0.39, 0.29) is 11.7 Å². The van der Waals surface area contributed by atoms with E-state index in [4.69, 9.17) is 0 Å². The lowest BCUT2D eigenvalue weighted by atomic mass is 10.1. The van der Waals surface area contributed by atoms with Gasteiger partial charge < -0.3 is 15.0 Å². The highest BCUT2D eigenvalue weighted by atomic mass is 19.4. The van der Waals surface area contributed by atoms with Gasteiger partial charge in [-0.2, -0.15) is 0 Å². The minimum absolute atomic E-state index is 0.165. The Hall–Kier alpha value is -3.59. The fraction of sp³-hybridized carbons (Fsp3) is 0.250. The second kappa shape index (κ2) is 9.91. The average Bonchev–Trinajstić information content (AvgIpc) is 2.81. The standard InChI is InChI=1S/C24H23F3N4O2/c25-24(26,27)33-21-9-5-4-8-19(21)17-30-12-14-31(15-13-30)22-11-10-20(16-28-22)29-23(32)18-6-2-1-3-7-18/h1-11,16H,12-15,17H2,(H,29,32). The van der Waals surface area contributed by atoms with Gasteiger partial charge in [0.1, 0.15) is 11.6 Å². The van der Waals surface area contributed by atoms with Crippen LogP contribution < -0.4 is 15.0 Å². The lowest BCUT2D eigenvalue weighted by molar-refractivity contribution is -0.275. The molecular formula is C24H23F3N4O2. The molecule has 0 unspecified atom stereocenters. The SMILES string of the molecule is O=C(Nc1ccc(N2CCN(Cc3ccccc3OC(F)(F)F)CC2)nc1)c1ccccc1. The van der Waals surface area contributed by atoms with Crippen molar-refractivity contribution in [3.63, 3.8) is 0 Å². The van der Waals surface area contributed by atoms with Crippen LogP contribution in [0.1, 0.15) is 15.9 Å². The number of aromatic nitrogens is 1. The predicted octanol–water partition coefficient (Wildman–Crippen LogP) is 4.55. The quantitative estimate of drug-likeness (QED) is 0.590. The summed E-state index contributed by atoms with van der Waals surface area (Å²) in [4.78, 5) is 20.9. The van der Waals surface area contributed by atoms with Crippen LogP contribution in [0, 0.1) is 0 Å². The molecule has 0 spiro atoms. The van der Waals surface area contributed by atoms with E-state index in [0.29, 0.717) is 49.5 Å². The number of piperazine rings is 1. The Balaban J connectivity index is 1.31. The van der Waals surface area contributed by atoms with Crippen LogP contribution in [0.25, 0.3) is 0 Å². The number of amides is 1. The van der Waals surface area contributed by atoms with Crippen LogP contribution in [0.2, 0.25) is 0 Å².